The van der Waals surface area contributed by atoms with Gasteiger partial charge in [0.1, 0.15) is 0 Å². The van der Waals surface area contributed by atoms with Crippen molar-refractivity contribution in [1.29, 1.82) is 0 Å². The monoisotopic (exact) mass is 300 g/mol. The molecule has 1 aromatic heterocycles. The minimum atomic E-state index is 0.499. The highest BCUT2D eigenvalue weighted by Gasteiger charge is 2.39. The van der Waals surface area contributed by atoms with E-state index in [0.29, 0.717) is 10.2 Å². The summed E-state index contributed by atoms with van der Waals surface area (Å²) in [5.41, 5.74) is 1.96. The molecule has 1 fully saturated rings. The lowest BCUT2D eigenvalue weighted by molar-refractivity contribution is 0.258. The first-order chi connectivity index (χ1) is 7.42. The summed E-state index contributed by atoms with van der Waals surface area (Å²) < 4.78 is 0. The molecule has 1 aromatic rings. The number of hydrogen-bond acceptors (Lipinski definition) is 1. The lowest BCUT2D eigenvalue weighted by Gasteiger charge is -2.31. The summed E-state index contributed by atoms with van der Waals surface area (Å²) >= 11 is 5.93. The van der Waals surface area contributed by atoms with E-state index in [1.54, 1.807) is 4.88 Å². The van der Waals surface area contributed by atoms with Crippen molar-refractivity contribution in [3.63, 3.8) is 0 Å². The first-order valence-corrected chi connectivity index (χ1v) is 7.86. The van der Waals surface area contributed by atoms with E-state index in [4.69, 9.17) is 0 Å². The molecule has 2 unspecified atom stereocenters. The van der Waals surface area contributed by atoms with E-state index >= 15 is 0 Å². The minimum absolute atomic E-state index is 0.499. The van der Waals surface area contributed by atoms with E-state index < -0.39 is 0 Å². The molecular formula is C14H21BrS. The van der Waals surface area contributed by atoms with Crippen LogP contribution in [0.2, 0.25) is 0 Å². The van der Waals surface area contributed by atoms with Crippen LogP contribution in [0.15, 0.2) is 6.07 Å². The highest BCUT2D eigenvalue weighted by Crippen LogP contribution is 2.53. The Labute approximate surface area is 112 Å². The summed E-state index contributed by atoms with van der Waals surface area (Å²) in [7, 11) is 0. The van der Waals surface area contributed by atoms with Gasteiger partial charge in [-0.25, -0.2) is 0 Å². The van der Waals surface area contributed by atoms with Gasteiger partial charge in [-0.1, -0.05) is 36.2 Å². The lowest BCUT2D eigenvalue weighted by atomic mass is 9.79. The van der Waals surface area contributed by atoms with Gasteiger partial charge in [-0.15, -0.1) is 11.3 Å². The molecular weight excluding hydrogens is 280 g/mol. The van der Waals surface area contributed by atoms with E-state index in [-0.39, 0.29) is 0 Å². The summed E-state index contributed by atoms with van der Waals surface area (Å²) in [5, 5.41) is 0. The molecule has 0 amide bonds. The molecule has 0 saturated heterocycles. The van der Waals surface area contributed by atoms with Crippen molar-refractivity contribution in [2.45, 2.75) is 51.8 Å². The standard InChI is InChI=1S/C14H21BrS/c1-9-8-10(2)16-13(9)12(15)11-6-5-7-14(11,3)4/h8,11-12H,5-7H2,1-4H3. The summed E-state index contributed by atoms with van der Waals surface area (Å²) in [4.78, 5) is 3.55. The van der Waals surface area contributed by atoms with E-state index in [1.807, 2.05) is 11.3 Å². The topological polar surface area (TPSA) is 0 Å². The highest BCUT2D eigenvalue weighted by atomic mass is 79.9. The molecule has 2 heteroatoms. The fraction of sp³-hybridized carbons (Fsp3) is 0.714. The van der Waals surface area contributed by atoms with Gasteiger partial charge in [-0.3, -0.25) is 0 Å². The van der Waals surface area contributed by atoms with Crippen LogP contribution in [0.4, 0.5) is 0 Å². The molecule has 1 aliphatic rings. The molecule has 0 aromatic carbocycles. The van der Waals surface area contributed by atoms with Gasteiger partial charge in [0.25, 0.3) is 0 Å². The van der Waals surface area contributed by atoms with Gasteiger partial charge in [0.05, 0.1) is 4.83 Å². The van der Waals surface area contributed by atoms with Crippen molar-refractivity contribution in [1.82, 2.24) is 0 Å². The van der Waals surface area contributed by atoms with Crippen molar-refractivity contribution in [3.05, 3.63) is 21.4 Å². The predicted octanol–water partition coefficient (Wildman–Crippen LogP) is 5.63. The Kier molecular flexibility index (Phi) is 3.52. The van der Waals surface area contributed by atoms with E-state index in [1.165, 1.54) is 29.7 Å². The molecule has 1 saturated carbocycles. The Hall–Kier alpha value is 0.180. The van der Waals surface area contributed by atoms with Crippen LogP contribution in [0, 0.1) is 25.2 Å². The van der Waals surface area contributed by atoms with E-state index in [0.717, 1.165) is 5.92 Å². The molecule has 0 N–H and O–H groups in total. The average Bonchev–Trinajstić information content (AvgIpc) is 2.68. The maximum absolute atomic E-state index is 3.96. The molecule has 1 aliphatic carbocycles. The smallest absolute Gasteiger partial charge is 0.0525 e. The second kappa shape index (κ2) is 4.45. The summed E-state index contributed by atoms with van der Waals surface area (Å²) in [5.74, 6) is 0.796. The molecule has 0 radical (unpaired) electrons. The summed E-state index contributed by atoms with van der Waals surface area (Å²) in [6.07, 6.45) is 4.14. The third kappa shape index (κ3) is 2.24. The van der Waals surface area contributed by atoms with Gasteiger partial charge in [0.2, 0.25) is 0 Å². The number of hydrogen-bond donors (Lipinski definition) is 0. The zero-order chi connectivity index (χ0) is 11.9. The van der Waals surface area contributed by atoms with E-state index in [9.17, 15) is 0 Å². The van der Waals surface area contributed by atoms with Crippen molar-refractivity contribution in [2.24, 2.45) is 11.3 Å². The van der Waals surface area contributed by atoms with Gasteiger partial charge in [-0.2, -0.15) is 0 Å². The second-order valence-corrected chi connectivity index (χ2v) is 8.07. The maximum atomic E-state index is 3.96. The first kappa shape index (κ1) is 12.6. The van der Waals surface area contributed by atoms with Crippen LogP contribution >= 0.6 is 27.3 Å². The fourth-order valence-electron chi connectivity index (χ4n) is 3.01. The van der Waals surface area contributed by atoms with Gasteiger partial charge in [0, 0.05) is 9.75 Å². The molecule has 90 valence electrons. The van der Waals surface area contributed by atoms with Crippen LogP contribution in [0.1, 0.15) is 53.3 Å². The van der Waals surface area contributed by atoms with E-state index in [2.05, 4.69) is 49.7 Å². The van der Waals surface area contributed by atoms with Gasteiger partial charge in [0.15, 0.2) is 0 Å². The van der Waals surface area contributed by atoms with Crippen LogP contribution in [0.3, 0.4) is 0 Å². The van der Waals surface area contributed by atoms with Crippen LogP contribution in [0.25, 0.3) is 0 Å². The van der Waals surface area contributed by atoms with Crippen molar-refractivity contribution < 1.29 is 0 Å². The molecule has 0 bridgehead atoms. The van der Waals surface area contributed by atoms with Crippen LogP contribution in [-0.2, 0) is 0 Å². The third-order valence-corrected chi connectivity index (χ3v) is 6.66. The minimum Gasteiger partial charge on any atom is -0.144 e. The van der Waals surface area contributed by atoms with Crippen LogP contribution in [-0.4, -0.2) is 0 Å². The molecule has 0 spiro atoms. The second-order valence-electron chi connectivity index (χ2n) is 5.79. The van der Waals surface area contributed by atoms with Gasteiger partial charge in [-0.05, 0) is 49.7 Å². The fourth-order valence-corrected chi connectivity index (χ4v) is 5.71. The average molecular weight is 301 g/mol. The number of rotatable bonds is 2. The zero-order valence-corrected chi connectivity index (χ0v) is 13.0. The first-order valence-electron chi connectivity index (χ1n) is 6.13. The van der Waals surface area contributed by atoms with Gasteiger partial charge < -0.3 is 0 Å². The Morgan fingerprint density at radius 2 is 2.12 bits per heavy atom. The van der Waals surface area contributed by atoms with Crippen LogP contribution < -0.4 is 0 Å². The lowest BCUT2D eigenvalue weighted by Crippen LogP contribution is -2.21. The maximum Gasteiger partial charge on any atom is 0.0525 e. The van der Waals surface area contributed by atoms with Crippen molar-refractivity contribution in [2.75, 3.05) is 0 Å². The quantitative estimate of drug-likeness (QED) is 0.621. The van der Waals surface area contributed by atoms with Crippen molar-refractivity contribution in [3.8, 4) is 0 Å². The summed E-state index contributed by atoms with van der Waals surface area (Å²) in [6.45, 7) is 9.30. The number of halogens is 1. The number of aryl methyl sites for hydroxylation is 2. The molecule has 0 nitrogen and oxygen atoms in total. The Morgan fingerprint density at radius 3 is 2.56 bits per heavy atom. The largest absolute Gasteiger partial charge is 0.144 e. The van der Waals surface area contributed by atoms with Crippen LogP contribution in [0.5, 0.6) is 0 Å². The Morgan fingerprint density at radius 1 is 1.44 bits per heavy atom. The number of thiophene rings is 1. The highest BCUT2D eigenvalue weighted by molar-refractivity contribution is 9.09. The Balaban J connectivity index is 2.25. The van der Waals surface area contributed by atoms with Crippen molar-refractivity contribution >= 4 is 27.3 Å². The SMILES string of the molecule is Cc1cc(C)c(C(Br)C2CCCC2(C)C)s1. The normalized spacial score (nSPS) is 25.9. The molecule has 2 rings (SSSR count). The molecule has 16 heavy (non-hydrogen) atoms. The molecule has 1 heterocycles. The predicted molar refractivity (Wildman–Crippen MR) is 76.6 cm³/mol. The third-order valence-electron chi connectivity index (χ3n) is 4.02. The Bertz CT molecular complexity index is 378. The summed E-state index contributed by atoms with van der Waals surface area (Å²) in [6, 6.07) is 2.32. The number of alkyl halides is 1. The zero-order valence-electron chi connectivity index (χ0n) is 10.6. The van der Waals surface area contributed by atoms with Gasteiger partial charge >= 0.3 is 0 Å². The molecule has 2 atom stereocenters. The molecule has 0 aliphatic heterocycles.